The fourth-order valence-electron chi connectivity index (χ4n) is 2.57. The standard InChI is InChI=1S/C18H11F3N2O/c19-18(20,21)16-3-1-2-15-14(16)8-9-23(17(15)24)11-13-6-4-12(10-22)5-7-13/h1-9H,11H2. The van der Waals surface area contributed by atoms with Gasteiger partial charge in [0.25, 0.3) is 5.56 Å². The number of rotatable bonds is 2. The topological polar surface area (TPSA) is 45.8 Å². The number of halogens is 3. The van der Waals surface area contributed by atoms with Crippen LogP contribution in [0.4, 0.5) is 13.2 Å². The minimum atomic E-state index is -4.51. The van der Waals surface area contributed by atoms with Crippen molar-refractivity contribution in [3.05, 3.63) is 81.8 Å². The van der Waals surface area contributed by atoms with Gasteiger partial charge in [0.05, 0.1) is 23.7 Å². The van der Waals surface area contributed by atoms with Gasteiger partial charge in [-0.1, -0.05) is 18.2 Å². The van der Waals surface area contributed by atoms with Crippen molar-refractivity contribution in [3.8, 4) is 6.07 Å². The van der Waals surface area contributed by atoms with E-state index in [1.165, 1.54) is 29.0 Å². The monoisotopic (exact) mass is 328 g/mol. The van der Waals surface area contributed by atoms with Gasteiger partial charge in [-0.2, -0.15) is 18.4 Å². The summed E-state index contributed by atoms with van der Waals surface area (Å²) in [5.74, 6) is 0. The summed E-state index contributed by atoms with van der Waals surface area (Å²) in [6.45, 7) is 0.219. The Hall–Kier alpha value is -3.07. The summed E-state index contributed by atoms with van der Waals surface area (Å²) >= 11 is 0. The van der Waals surface area contributed by atoms with Crippen molar-refractivity contribution < 1.29 is 13.2 Å². The van der Waals surface area contributed by atoms with Crippen LogP contribution in [0.1, 0.15) is 16.7 Å². The predicted molar refractivity (Wildman–Crippen MR) is 83.5 cm³/mol. The molecule has 0 aliphatic carbocycles. The number of hydrogen-bond acceptors (Lipinski definition) is 2. The largest absolute Gasteiger partial charge is 0.417 e. The number of alkyl halides is 3. The summed E-state index contributed by atoms with van der Waals surface area (Å²) < 4.78 is 40.5. The molecule has 120 valence electrons. The average molecular weight is 328 g/mol. The molecule has 0 N–H and O–H groups in total. The van der Waals surface area contributed by atoms with Gasteiger partial charge in [-0.3, -0.25) is 4.79 Å². The molecule has 0 saturated heterocycles. The molecule has 0 radical (unpaired) electrons. The van der Waals surface area contributed by atoms with Gasteiger partial charge >= 0.3 is 6.18 Å². The Bertz CT molecular complexity index is 996. The van der Waals surface area contributed by atoms with Crippen LogP contribution in [0.2, 0.25) is 0 Å². The van der Waals surface area contributed by atoms with Crippen molar-refractivity contribution in [1.29, 1.82) is 5.26 Å². The molecule has 0 amide bonds. The van der Waals surface area contributed by atoms with E-state index in [2.05, 4.69) is 0 Å². The normalized spacial score (nSPS) is 11.4. The van der Waals surface area contributed by atoms with Crippen LogP contribution in [0.5, 0.6) is 0 Å². The van der Waals surface area contributed by atoms with Gasteiger partial charge in [0, 0.05) is 17.0 Å². The lowest BCUT2D eigenvalue weighted by Crippen LogP contribution is -2.21. The zero-order chi connectivity index (χ0) is 17.3. The minimum Gasteiger partial charge on any atom is -0.311 e. The second-order valence-corrected chi connectivity index (χ2v) is 5.32. The molecule has 24 heavy (non-hydrogen) atoms. The average Bonchev–Trinajstić information content (AvgIpc) is 2.57. The van der Waals surface area contributed by atoms with E-state index in [0.717, 1.165) is 11.6 Å². The number of nitrogens with zero attached hydrogens (tertiary/aromatic N) is 2. The highest BCUT2D eigenvalue weighted by atomic mass is 19.4. The molecular weight excluding hydrogens is 317 g/mol. The summed E-state index contributed by atoms with van der Waals surface area (Å²) in [5.41, 5.74) is -0.0209. The van der Waals surface area contributed by atoms with Gasteiger partial charge in [-0.05, 0) is 35.9 Å². The molecule has 0 saturated carbocycles. The summed E-state index contributed by atoms with van der Waals surface area (Å²) in [6.07, 6.45) is -3.15. The van der Waals surface area contributed by atoms with Crippen LogP contribution in [-0.4, -0.2) is 4.57 Å². The molecule has 2 aromatic carbocycles. The number of aromatic nitrogens is 1. The van der Waals surface area contributed by atoms with Crippen molar-refractivity contribution >= 4 is 10.8 Å². The van der Waals surface area contributed by atoms with Gasteiger partial charge < -0.3 is 4.57 Å². The molecule has 0 bridgehead atoms. The van der Waals surface area contributed by atoms with E-state index in [1.807, 2.05) is 6.07 Å². The van der Waals surface area contributed by atoms with Crippen molar-refractivity contribution in [2.75, 3.05) is 0 Å². The van der Waals surface area contributed by atoms with Gasteiger partial charge in [-0.15, -0.1) is 0 Å². The maximum atomic E-state index is 13.0. The Morgan fingerprint density at radius 1 is 1.00 bits per heavy atom. The first-order valence-electron chi connectivity index (χ1n) is 7.08. The molecule has 0 spiro atoms. The van der Waals surface area contributed by atoms with Crippen LogP contribution >= 0.6 is 0 Å². The van der Waals surface area contributed by atoms with Crippen LogP contribution in [0, 0.1) is 11.3 Å². The van der Waals surface area contributed by atoms with Gasteiger partial charge in [0.2, 0.25) is 0 Å². The highest BCUT2D eigenvalue weighted by Crippen LogP contribution is 2.33. The summed E-state index contributed by atoms with van der Waals surface area (Å²) in [6, 6.07) is 13.6. The molecule has 6 heteroatoms. The van der Waals surface area contributed by atoms with Crippen LogP contribution in [0.15, 0.2) is 59.5 Å². The lowest BCUT2D eigenvalue weighted by Gasteiger charge is -2.12. The Morgan fingerprint density at radius 2 is 1.71 bits per heavy atom. The molecule has 0 fully saturated rings. The zero-order valence-electron chi connectivity index (χ0n) is 12.3. The Kier molecular flexibility index (Phi) is 3.86. The number of pyridine rings is 1. The van der Waals surface area contributed by atoms with E-state index in [9.17, 15) is 18.0 Å². The Balaban J connectivity index is 2.06. The van der Waals surface area contributed by atoms with Crippen molar-refractivity contribution in [2.45, 2.75) is 12.7 Å². The number of fused-ring (bicyclic) bond motifs is 1. The van der Waals surface area contributed by atoms with E-state index in [0.29, 0.717) is 5.56 Å². The number of benzene rings is 2. The maximum absolute atomic E-state index is 13.0. The fourth-order valence-corrected chi connectivity index (χ4v) is 2.57. The van der Waals surface area contributed by atoms with Crippen LogP contribution in [0.3, 0.4) is 0 Å². The molecule has 1 heterocycles. The first-order chi connectivity index (χ1) is 11.4. The quantitative estimate of drug-likeness (QED) is 0.715. The molecule has 0 aliphatic heterocycles. The molecule has 0 atom stereocenters. The molecule has 0 aliphatic rings. The third-order valence-corrected chi connectivity index (χ3v) is 3.76. The van der Waals surface area contributed by atoms with E-state index in [4.69, 9.17) is 5.26 Å². The molecule has 3 rings (SSSR count). The Morgan fingerprint density at radius 3 is 2.33 bits per heavy atom. The van der Waals surface area contributed by atoms with E-state index in [1.54, 1.807) is 24.3 Å². The minimum absolute atomic E-state index is 0.0287. The lowest BCUT2D eigenvalue weighted by atomic mass is 10.1. The molecule has 3 aromatic rings. The van der Waals surface area contributed by atoms with Crippen molar-refractivity contribution in [3.63, 3.8) is 0 Å². The first-order valence-corrected chi connectivity index (χ1v) is 7.08. The van der Waals surface area contributed by atoms with Crippen molar-refractivity contribution in [2.24, 2.45) is 0 Å². The number of nitriles is 1. The molecule has 3 nitrogen and oxygen atoms in total. The third-order valence-electron chi connectivity index (χ3n) is 3.76. The summed E-state index contributed by atoms with van der Waals surface area (Å²) in [4.78, 5) is 12.5. The second kappa shape index (κ2) is 5.85. The van der Waals surface area contributed by atoms with E-state index < -0.39 is 17.3 Å². The lowest BCUT2D eigenvalue weighted by molar-refractivity contribution is -0.136. The zero-order valence-corrected chi connectivity index (χ0v) is 12.3. The maximum Gasteiger partial charge on any atom is 0.417 e. The van der Waals surface area contributed by atoms with Gasteiger partial charge in [-0.25, -0.2) is 0 Å². The molecule has 1 aromatic heterocycles. The van der Waals surface area contributed by atoms with E-state index in [-0.39, 0.29) is 17.3 Å². The number of hydrogen-bond donors (Lipinski definition) is 0. The van der Waals surface area contributed by atoms with E-state index >= 15 is 0 Å². The van der Waals surface area contributed by atoms with Gasteiger partial charge in [0.1, 0.15) is 0 Å². The van der Waals surface area contributed by atoms with Gasteiger partial charge in [0.15, 0.2) is 0 Å². The smallest absolute Gasteiger partial charge is 0.311 e. The Labute approximate surface area is 135 Å². The first kappa shape index (κ1) is 15.8. The van der Waals surface area contributed by atoms with Crippen molar-refractivity contribution in [1.82, 2.24) is 4.57 Å². The van der Waals surface area contributed by atoms with Crippen LogP contribution in [0.25, 0.3) is 10.8 Å². The predicted octanol–water partition coefficient (Wildman–Crippen LogP) is 3.94. The fraction of sp³-hybridized carbons (Fsp3) is 0.111. The third kappa shape index (κ3) is 2.88. The molecule has 0 unspecified atom stereocenters. The summed E-state index contributed by atoms with van der Waals surface area (Å²) in [5, 5.41) is 8.70. The second-order valence-electron chi connectivity index (χ2n) is 5.32. The highest BCUT2D eigenvalue weighted by Gasteiger charge is 2.32. The SMILES string of the molecule is N#Cc1ccc(Cn2ccc3c(C(F)(F)F)cccc3c2=O)cc1. The summed E-state index contributed by atoms with van der Waals surface area (Å²) in [7, 11) is 0. The van der Waals surface area contributed by atoms with Crippen LogP contribution < -0.4 is 5.56 Å². The molecular formula is C18H11F3N2O. The van der Waals surface area contributed by atoms with Crippen LogP contribution in [-0.2, 0) is 12.7 Å². The highest BCUT2D eigenvalue weighted by molar-refractivity contribution is 5.85.